The SMILES string of the molecule is CC1(C)CN(c2ncc(C(=O)N(c3cccc(C(F)(F)F)c3)C(F)(F)C(F)(F)C(F)(F)F)c(N)n2)C(=O)N1.Cl. The lowest BCUT2D eigenvalue weighted by Crippen LogP contribution is -2.63. The minimum atomic E-state index is -6.93. The third-order valence-electron chi connectivity index (χ3n) is 5.17. The van der Waals surface area contributed by atoms with E-state index in [1.54, 1.807) is 13.8 Å². The second-order valence-electron chi connectivity index (χ2n) is 8.67. The van der Waals surface area contributed by atoms with Crippen molar-refractivity contribution in [1.29, 1.82) is 0 Å². The van der Waals surface area contributed by atoms with Crippen LogP contribution in [0.1, 0.15) is 29.8 Å². The quantitative estimate of drug-likeness (QED) is 0.362. The highest BCUT2D eigenvalue weighted by Crippen LogP contribution is 2.50. The zero-order chi connectivity index (χ0) is 29.1. The summed E-state index contributed by atoms with van der Waals surface area (Å²) >= 11 is 0. The number of nitrogens with two attached hydrogens (primary N) is 1. The van der Waals surface area contributed by atoms with Gasteiger partial charge in [-0.15, -0.1) is 12.4 Å². The number of alkyl halides is 10. The van der Waals surface area contributed by atoms with Crippen molar-refractivity contribution in [2.24, 2.45) is 0 Å². The largest absolute Gasteiger partial charge is 0.462 e. The molecule has 0 atom stereocenters. The summed E-state index contributed by atoms with van der Waals surface area (Å²) in [4.78, 5) is 31.6. The molecule has 0 aliphatic carbocycles. The van der Waals surface area contributed by atoms with Crippen LogP contribution in [0.5, 0.6) is 0 Å². The fourth-order valence-electron chi connectivity index (χ4n) is 3.36. The second kappa shape index (κ2) is 9.87. The molecule has 2 heterocycles. The predicted molar refractivity (Wildman–Crippen MR) is 118 cm³/mol. The maximum atomic E-state index is 14.8. The van der Waals surface area contributed by atoms with Gasteiger partial charge in [-0.2, -0.15) is 48.9 Å². The highest BCUT2D eigenvalue weighted by Gasteiger charge is 2.76. The summed E-state index contributed by atoms with van der Waals surface area (Å²) < 4.78 is 136. The smallest absolute Gasteiger partial charge is 0.383 e. The van der Waals surface area contributed by atoms with Crippen LogP contribution in [0.2, 0.25) is 0 Å². The van der Waals surface area contributed by atoms with Crippen molar-refractivity contribution < 1.29 is 53.5 Å². The van der Waals surface area contributed by atoms with Crippen molar-refractivity contribution in [3.63, 3.8) is 0 Å². The number of hydrogen-bond acceptors (Lipinski definition) is 5. The van der Waals surface area contributed by atoms with Crippen LogP contribution in [0.15, 0.2) is 30.5 Å². The van der Waals surface area contributed by atoms with Gasteiger partial charge in [-0.25, -0.2) is 14.7 Å². The molecule has 1 aliphatic heterocycles. The number of aromatic nitrogens is 2. The Bertz CT molecular complexity index is 1270. The van der Waals surface area contributed by atoms with Gasteiger partial charge in [0.25, 0.3) is 5.91 Å². The van der Waals surface area contributed by atoms with Crippen molar-refractivity contribution in [2.75, 3.05) is 22.1 Å². The molecule has 1 fully saturated rings. The molecule has 1 aromatic heterocycles. The van der Waals surface area contributed by atoms with E-state index in [0.717, 1.165) is 4.90 Å². The number of rotatable bonds is 5. The van der Waals surface area contributed by atoms with Crippen LogP contribution in [0.4, 0.5) is 66.2 Å². The van der Waals surface area contributed by atoms with Crippen LogP contribution in [-0.2, 0) is 6.18 Å². The zero-order valence-corrected chi connectivity index (χ0v) is 20.3. The lowest BCUT2D eigenvalue weighted by molar-refractivity contribution is -0.351. The van der Waals surface area contributed by atoms with Gasteiger partial charge in [0, 0.05) is 6.20 Å². The topological polar surface area (TPSA) is 104 Å². The van der Waals surface area contributed by atoms with Crippen LogP contribution < -0.4 is 20.9 Å². The Labute approximate surface area is 218 Å². The monoisotopic (exact) mass is 598 g/mol. The van der Waals surface area contributed by atoms with Crippen molar-refractivity contribution in [1.82, 2.24) is 15.3 Å². The number of benzene rings is 1. The molecular formula is C20H17ClF10N6O2. The number of nitrogens with zero attached hydrogens (tertiary/aromatic N) is 4. The molecule has 0 saturated carbocycles. The van der Waals surface area contributed by atoms with E-state index in [4.69, 9.17) is 5.73 Å². The predicted octanol–water partition coefficient (Wildman–Crippen LogP) is 5.24. The Kier molecular flexibility index (Phi) is 8.01. The van der Waals surface area contributed by atoms with Gasteiger partial charge in [0.2, 0.25) is 5.95 Å². The van der Waals surface area contributed by atoms with Gasteiger partial charge in [0.15, 0.2) is 0 Å². The minimum absolute atomic E-state index is 0. The lowest BCUT2D eigenvalue weighted by Gasteiger charge is -2.37. The van der Waals surface area contributed by atoms with Crippen LogP contribution >= 0.6 is 12.4 Å². The summed E-state index contributed by atoms with van der Waals surface area (Å²) in [7, 11) is 0. The minimum Gasteiger partial charge on any atom is -0.383 e. The molecular weight excluding hydrogens is 582 g/mol. The number of urea groups is 1. The standard InChI is InChI=1S/C20H16F10N6O2.ClH/c1-16(2)8-35(15(38)34-16)14-32-7-11(12(31)33-14)13(37)36(20(29,30)18(24,25)19(26,27)28)10-5-3-4-9(6-10)17(21,22)23;/h3-7H,8H2,1-2H3,(H,34,38)(H2,31,32,33);1H. The Balaban J connectivity index is 0.00000533. The number of halogens is 11. The first kappa shape index (κ1) is 31.6. The third-order valence-corrected chi connectivity index (χ3v) is 5.17. The Hall–Kier alpha value is -3.57. The van der Waals surface area contributed by atoms with Crippen LogP contribution in [0.3, 0.4) is 0 Å². The first-order valence-corrected chi connectivity index (χ1v) is 10.2. The molecule has 19 heteroatoms. The lowest BCUT2D eigenvalue weighted by atomic mass is 10.1. The number of amides is 3. The van der Waals surface area contributed by atoms with E-state index in [1.165, 1.54) is 0 Å². The molecule has 2 aromatic rings. The van der Waals surface area contributed by atoms with E-state index >= 15 is 0 Å². The number of nitrogen functional groups attached to an aromatic ring is 1. The third kappa shape index (κ3) is 5.74. The van der Waals surface area contributed by atoms with Gasteiger partial charge < -0.3 is 11.1 Å². The average Bonchev–Trinajstić information content (AvgIpc) is 3.04. The van der Waals surface area contributed by atoms with Crippen molar-refractivity contribution >= 4 is 41.8 Å². The van der Waals surface area contributed by atoms with E-state index < -0.39 is 75.3 Å². The number of hydrogen-bond donors (Lipinski definition) is 2. The number of carbonyl (C=O) groups is 2. The first-order valence-electron chi connectivity index (χ1n) is 10.2. The Morgan fingerprint density at radius 3 is 2.13 bits per heavy atom. The summed E-state index contributed by atoms with van der Waals surface area (Å²) in [5.74, 6) is -10.8. The number of carbonyl (C=O) groups excluding carboxylic acids is 2. The van der Waals surface area contributed by atoms with E-state index in [2.05, 4.69) is 15.3 Å². The molecule has 1 aromatic carbocycles. The van der Waals surface area contributed by atoms with Gasteiger partial charge in [0.1, 0.15) is 11.4 Å². The highest BCUT2D eigenvalue weighted by molar-refractivity contribution is 6.09. The molecule has 1 saturated heterocycles. The summed E-state index contributed by atoms with van der Waals surface area (Å²) in [5.41, 5.74) is 0.108. The highest BCUT2D eigenvalue weighted by atomic mass is 35.5. The van der Waals surface area contributed by atoms with Crippen molar-refractivity contribution in [3.05, 3.63) is 41.6 Å². The molecule has 3 amide bonds. The summed E-state index contributed by atoms with van der Waals surface area (Å²) in [6.07, 6.45) is -11.8. The maximum Gasteiger partial charge on any atom is 0.462 e. The van der Waals surface area contributed by atoms with E-state index in [0.29, 0.717) is 18.3 Å². The fourth-order valence-corrected chi connectivity index (χ4v) is 3.36. The molecule has 3 rings (SSSR count). The molecule has 1 aliphatic rings. The van der Waals surface area contributed by atoms with Crippen molar-refractivity contribution in [2.45, 2.75) is 43.7 Å². The molecule has 0 spiro atoms. The molecule has 0 radical (unpaired) electrons. The van der Waals surface area contributed by atoms with Crippen LogP contribution in [0.25, 0.3) is 0 Å². The summed E-state index contributed by atoms with van der Waals surface area (Å²) in [6.45, 7) is 3.15. The van der Waals surface area contributed by atoms with Crippen LogP contribution in [0, 0.1) is 0 Å². The normalized spacial score (nSPS) is 16.0. The van der Waals surface area contributed by atoms with Crippen LogP contribution in [-0.4, -0.2) is 52.1 Å². The van der Waals surface area contributed by atoms with E-state index in [1.807, 2.05) is 0 Å². The van der Waals surface area contributed by atoms with Gasteiger partial charge >= 0.3 is 30.4 Å². The van der Waals surface area contributed by atoms with Gasteiger partial charge in [-0.05, 0) is 32.0 Å². The van der Waals surface area contributed by atoms with Crippen molar-refractivity contribution in [3.8, 4) is 0 Å². The first-order chi connectivity index (χ1) is 17.1. The fraction of sp³-hybridized carbons (Fsp3) is 0.400. The van der Waals surface area contributed by atoms with Gasteiger partial charge in [-0.1, -0.05) is 6.07 Å². The average molecular weight is 599 g/mol. The Morgan fingerprint density at radius 2 is 1.67 bits per heavy atom. The maximum absolute atomic E-state index is 14.8. The molecule has 0 unspecified atom stereocenters. The molecule has 8 nitrogen and oxygen atoms in total. The molecule has 39 heavy (non-hydrogen) atoms. The second-order valence-corrected chi connectivity index (χ2v) is 8.67. The number of anilines is 3. The van der Waals surface area contributed by atoms with E-state index in [9.17, 15) is 53.5 Å². The molecule has 0 bridgehead atoms. The zero-order valence-electron chi connectivity index (χ0n) is 19.5. The molecule has 216 valence electrons. The molecule has 3 N–H and O–H groups in total. The summed E-state index contributed by atoms with van der Waals surface area (Å²) in [5, 5.41) is 2.52. The van der Waals surface area contributed by atoms with E-state index in [-0.39, 0.29) is 31.1 Å². The number of nitrogens with one attached hydrogen (secondary N) is 1. The Morgan fingerprint density at radius 1 is 1.08 bits per heavy atom. The van der Waals surface area contributed by atoms with Gasteiger partial charge in [-0.3, -0.25) is 9.69 Å². The van der Waals surface area contributed by atoms with Gasteiger partial charge in [0.05, 0.1) is 23.3 Å². The summed E-state index contributed by atoms with van der Waals surface area (Å²) in [6, 6.07) is -6.42.